The predicted molar refractivity (Wildman–Crippen MR) is 163 cm³/mol. The van der Waals surface area contributed by atoms with Crippen LogP contribution in [-0.4, -0.2) is 67.5 Å². The Balaban J connectivity index is 1.18. The first-order chi connectivity index (χ1) is 20.0. The zero-order valence-electron chi connectivity index (χ0n) is 23.5. The van der Waals surface area contributed by atoms with E-state index < -0.39 is 5.60 Å². The van der Waals surface area contributed by atoms with Gasteiger partial charge in [0, 0.05) is 34.9 Å². The molecule has 1 atom stereocenters. The van der Waals surface area contributed by atoms with Gasteiger partial charge in [-0.3, -0.25) is 18.7 Å². The van der Waals surface area contributed by atoms with Crippen molar-refractivity contribution in [1.82, 2.24) is 24.3 Å². The number of fused-ring (bicyclic) bond motifs is 1. The second-order valence-corrected chi connectivity index (χ2v) is 12.8. The molecule has 4 aromatic rings. The van der Waals surface area contributed by atoms with Crippen LogP contribution in [0.1, 0.15) is 48.7 Å². The lowest BCUT2D eigenvalue weighted by Crippen LogP contribution is -2.51. The number of ether oxygens (including phenoxy) is 1. The van der Waals surface area contributed by atoms with Crippen molar-refractivity contribution < 1.29 is 14.6 Å². The predicted octanol–water partition coefficient (Wildman–Crippen LogP) is 4.60. The van der Waals surface area contributed by atoms with Crippen LogP contribution in [0, 0.1) is 0 Å². The Morgan fingerprint density at radius 1 is 1.10 bits per heavy atom. The number of piperidine rings is 1. The molecular weight excluding hydrogens is 577 g/mol. The van der Waals surface area contributed by atoms with E-state index in [-0.39, 0.29) is 29.6 Å². The lowest BCUT2D eigenvalue weighted by molar-refractivity contribution is -0.0299. The highest BCUT2D eigenvalue weighted by molar-refractivity contribution is 6.31. The Labute approximate surface area is 253 Å². The Hall–Kier alpha value is -3.21. The molecule has 1 amide bonds. The summed E-state index contributed by atoms with van der Waals surface area (Å²) in [7, 11) is 0. The zero-order chi connectivity index (χ0) is 29.6. The van der Waals surface area contributed by atoms with E-state index in [9.17, 15) is 14.7 Å². The number of likely N-dealkylation sites (tertiary alicyclic amines) is 1. The number of halogens is 2. The van der Waals surface area contributed by atoms with Crippen molar-refractivity contribution in [3.05, 3.63) is 92.6 Å². The number of nitrogens with zero attached hydrogens (tertiary/aromatic N) is 4. The second-order valence-electron chi connectivity index (χ2n) is 11.9. The molecular formula is C31H33Cl2N5O4. The molecule has 2 aliphatic rings. The van der Waals surface area contributed by atoms with Crippen molar-refractivity contribution in [3.63, 3.8) is 0 Å². The number of amides is 1. The van der Waals surface area contributed by atoms with Gasteiger partial charge >= 0.3 is 0 Å². The summed E-state index contributed by atoms with van der Waals surface area (Å²) in [4.78, 5) is 32.7. The number of nitrogens with one attached hydrogen (secondary N) is 1. The lowest BCUT2D eigenvalue weighted by atomic mass is 9.91. The van der Waals surface area contributed by atoms with Crippen LogP contribution in [0.5, 0.6) is 0 Å². The topological polar surface area (TPSA) is 102 Å². The second kappa shape index (κ2) is 11.1. The molecule has 220 valence electrons. The molecule has 6 rings (SSSR count). The Morgan fingerprint density at radius 2 is 1.79 bits per heavy atom. The molecule has 2 aromatic heterocycles. The monoisotopic (exact) mass is 609 g/mol. The summed E-state index contributed by atoms with van der Waals surface area (Å²) in [5.74, 6) is -0.106. The molecule has 0 spiro atoms. The molecule has 42 heavy (non-hydrogen) atoms. The molecule has 0 aliphatic carbocycles. The average Bonchev–Trinajstić information content (AvgIpc) is 3.31. The van der Waals surface area contributed by atoms with Gasteiger partial charge in [0.25, 0.3) is 11.5 Å². The highest BCUT2D eigenvalue weighted by atomic mass is 35.5. The maximum absolute atomic E-state index is 13.5. The van der Waals surface area contributed by atoms with Gasteiger partial charge in [0.2, 0.25) is 0 Å². The number of aromatic nitrogens is 3. The molecule has 9 nitrogen and oxygen atoms in total. The Kier molecular flexibility index (Phi) is 7.66. The fourth-order valence-corrected chi connectivity index (χ4v) is 6.26. The molecule has 1 unspecified atom stereocenters. The van der Waals surface area contributed by atoms with Crippen molar-refractivity contribution in [1.29, 1.82) is 0 Å². The first-order valence-corrected chi connectivity index (χ1v) is 14.8. The van der Waals surface area contributed by atoms with Gasteiger partial charge in [-0.25, -0.2) is 4.98 Å². The van der Waals surface area contributed by atoms with Gasteiger partial charge in [-0.05, 0) is 74.7 Å². The number of hydrogen-bond donors (Lipinski definition) is 2. The van der Waals surface area contributed by atoms with Gasteiger partial charge in [-0.1, -0.05) is 35.3 Å². The number of carbonyl (C=O) groups is 1. The maximum Gasteiger partial charge on any atom is 0.262 e. The highest BCUT2D eigenvalue weighted by Crippen LogP contribution is 2.29. The van der Waals surface area contributed by atoms with Crippen molar-refractivity contribution in [3.8, 4) is 5.69 Å². The summed E-state index contributed by atoms with van der Waals surface area (Å²) in [5, 5.41) is 16.3. The Morgan fingerprint density at radius 3 is 2.45 bits per heavy atom. The van der Waals surface area contributed by atoms with E-state index in [1.165, 1.54) is 10.9 Å². The summed E-state index contributed by atoms with van der Waals surface area (Å²) in [6, 6.07) is 16.4. The summed E-state index contributed by atoms with van der Waals surface area (Å²) < 4.78 is 8.96. The highest BCUT2D eigenvalue weighted by Gasteiger charge is 2.35. The zero-order valence-corrected chi connectivity index (χ0v) is 25.0. The standard InChI is InChI=1S/C31H33Cl2N5O4/c1-30(2)18-42-16-25(35-30)20-5-9-23(10-6-20)38-26(33)15-24-27(38)34-19-37(29(24)40)17-31(41)11-13-36(14-12-31)28(39)21-3-7-22(32)8-4-21/h3-10,15,19,25,35,41H,11-14,16-18H2,1-2H3. The number of hydrogen-bond acceptors (Lipinski definition) is 6. The van der Waals surface area contributed by atoms with E-state index in [1.807, 2.05) is 24.3 Å². The van der Waals surface area contributed by atoms with E-state index >= 15 is 0 Å². The van der Waals surface area contributed by atoms with Crippen LogP contribution in [-0.2, 0) is 11.3 Å². The SMILES string of the molecule is CC1(C)COCC(c2ccc(-n3c(Cl)cc4c(=O)n(CC5(O)CCN(C(=O)c6ccc(Cl)cc6)CC5)cnc43)cc2)N1. The summed E-state index contributed by atoms with van der Waals surface area (Å²) >= 11 is 12.6. The first-order valence-electron chi connectivity index (χ1n) is 14.0. The van der Waals surface area contributed by atoms with Crippen LogP contribution >= 0.6 is 23.2 Å². The third-order valence-corrected chi connectivity index (χ3v) is 8.67. The molecule has 0 saturated carbocycles. The number of aliphatic hydroxyl groups is 1. The minimum Gasteiger partial charge on any atom is -0.388 e. The molecule has 2 N–H and O–H groups in total. The van der Waals surface area contributed by atoms with E-state index in [2.05, 4.69) is 24.1 Å². The van der Waals surface area contributed by atoms with Crippen molar-refractivity contribution in [2.75, 3.05) is 26.3 Å². The molecule has 2 saturated heterocycles. The van der Waals surface area contributed by atoms with Gasteiger partial charge in [-0.2, -0.15) is 0 Å². The third-order valence-electron chi connectivity index (χ3n) is 8.14. The summed E-state index contributed by atoms with van der Waals surface area (Å²) in [6.45, 7) is 6.31. The van der Waals surface area contributed by atoms with Gasteiger partial charge in [0.15, 0.2) is 5.65 Å². The first kappa shape index (κ1) is 28.9. The number of rotatable bonds is 5. The molecule has 2 fully saturated rings. The van der Waals surface area contributed by atoms with Crippen LogP contribution < -0.4 is 10.9 Å². The molecule has 0 bridgehead atoms. The fourth-order valence-electron chi connectivity index (χ4n) is 5.84. The number of benzene rings is 2. The fraction of sp³-hybridized carbons (Fsp3) is 0.387. The minimum absolute atomic E-state index is 0.0715. The molecule has 2 aromatic carbocycles. The minimum atomic E-state index is -1.15. The van der Waals surface area contributed by atoms with E-state index in [4.69, 9.17) is 27.9 Å². The van der Waals surface area contributed by atoms with E-state index in [0.717, 1.165) is 11.3 Å². The van der Waals surface area contributed by atoms with Gasteiger partial charge < -0.3 is 20.1 Å². The van der Waals surface area contributed by atoms with Crippen LogP contribution in [0.2, 0.25) is 10.2 Å². The normalized spacial score (nSPS) is 20.1. The number of morpholine rings is 1. The van der Waals surface area contributed by atoms with Gasteiger partial charge in [0.05, 0.1) is 36.8 Å². The van der Waals surface area contributed by atoms with Crippen molar-refractivity contribution in [2.24, 2.45) is 0 Å². The van der Waals surface area contributed by atoms with Gasteiger partial charge in [0.1, 0.15) is 11.5 Å². The van der Waals surface area contributed by atoms with Crippen LogP contribution in [0.25, 0.3) is 16.7 Å². The third kappa shape index (κ3) is 5.72. The molecule has 11 heteroatoms. The van der Waals surface area contributed by atoms with Crippen LogP contribution in [0.3, 0.4) is 0 Å². The van der Waals surface area contributed by atoms with Gasteiger partial charge in [-0.15, -0.1) is 0 Å². The molecule has 0 radical (unpaired) electrons. The molecule has 2 aliphatic heterocycles. The summed E-state index contributed by atoms with van der Waals surface area (Å²) in [6.07, 6.45) is 2.13. The van der Waals surface area contributed by atoms with Crippen LogP contribution in [0.4, 0.5) is 0 Å². The van der Waals surface area contributed by atoms with Crippen LogP contribution in [0.15, 0.2) is 65.7 Å². The summed E-state index contributed by atoms with van der Waals surface area (Å²) in [5.41, 5.74) is 1.35. The maximum atomic E-state index is 13.5. The molecule has 4 heterocycles. The smallest absolute Gasteiger partial charge is 0.262 e. The lowest BCUT2D eigenvalue weighted by Gasteiger charge is -2.38. The quantitative estimate of drug-likeness (QED) is 0.343. The largest absolute Gasteiger partial charge is 0.388 e. The van der Waals surface area contributed by atoms with E-state index in [0.29, 0.717) is 65.9 Å². The number of carbonyl (C=O) groups excluding carboxylic acids is 1. The van der Waals surface area contributed by atoms with Crippen molar-refractivity contribution >= 4 is 40.1 Å². The van der Waals surface area contributed by atoms with Crippen molar-refractivity contribution in [2.45, 2.75) is 50.4 Å². The van der Waals surface area contributed by atoms with E-state index in [1.54, 1.807) is 39.8 Å². The Bertz CT molecular complexity index is 1670. The average molecular weight is 611 g/mol.